The van der Waals surface area contributed by atoms with Gasteiger partial charge in [-0.15, -0.1) is 12.4 Å². The number of benzene rings is 1. The van der Waals surface area contributed by atoms with Gasteiger partial charge in [-0.3, -0.25) is 9.69 Å². The summed E-state index contributed by atoms with van der Waals surface area (Å²) >= 11 is 0. The maximum atomic E-state index is 12.3. The lowest BCUT2D eigenvalue weighted by molar-refractivity contribution is 0.0637. The standard InChI is InChI=1S/C15H22N2O2.ClH/c1-3-8-16-9-11-17(12-10-16)15(18)13-4-6-14(19-2)7-5-13;/h4-7H,3,8-12H2,1-2H3;1H. The Kier molecular flexibility index (Phi) is 6.82. The lowest BCUT2D eigenvalue weighted by Crippen LogP contribution is -2.48. The van der Waals surface area contributed by atoms with Crippen LogP contribution in [0.25, 0.3) is 0 Å². The van der Waals surface area contributed by atoms with Crippen LogP contribution in [-0.2, 0) is 0 Å². The molecule has 0 radical (unpaired) electrons. The number of ether oxygens (including phenoxy) is 1. The summed E-state index contributed by atoms with van der Waals surface area (Å²) in [7, 11) is 1.63. The van der Waals surface area contributed by atoms with Crippen LogP contribution in [0.3, 0.4) is 0 Å². The Balaban J connectivity index is 0.00000200. The third kappa shape index (κ3) is 4.12. The van der Waals surface area contributed by atoms with Gasteiger partial charge in [-0.1, -0.05) is 6.92 Å². The van der Waals surface area contributed by atoms with E-state index in [0.29, 0.717) is 0 Å². The quantitative estimate of drug-likeness (QED) is 0.855. The van der Waals surface area contributed by atoms with E-state index in [9.17, 15) is 4.79 Å². The summed E-state index contributed by atoms with van der Waals surface area (Å²) < 4.78 is 5.10. The predicted molar refractivity (Wildman–Crippen MR) is 82.9 cm³/mol. The van der Waals surface area contributed by atoms with Crippen LogP contribution in [0.4, 0.5) is 0 Å². The summed E-state index contributed by atoms with van der Waals surface area (Å²) in [6, 6.07) is 7.33. The molecule has 1 aromatic rings. The van der Waals surface area contributed by atoms with E-state index in [-0.39, 0.29) is 18.3 Å². The Morgan fingerprint density at radius 2 is 1.75 bits per heavy atom. The molecule has 0 saturated carbocycles. The molecule has 1 amide bonds. The van der Waals surface area contributed by atoms with Gasteiger partial charge in [0.2, 0.25) is 0 Å². The smallest absolute Gasteiger partial charge is 0.253 e. The third-order valence-electron chi connectivity index (χ3n) is 3.54. The highest BCUT2D eigenvalue weighted by molar-refractivity contribution is 5.94. The summed E-state index contributed by atoms with van der Waals surface area (Å²) in [6.45, 7) is 6.93. The molecule has 5 heteroatoms. The summed E-state index contributed by atoms with van der Waals surface area (Å²) in [5.74, 6) is 0.906. The number of amides is 1. The number of nitrogens with zero attached hydrogens (tertiary/aromatic N) is 2. The fourth-order valence-corrected chi connectivity index (χ4v) is 2.41. The summed E-state index contributed by atoms with van der Waals surface area (Å²) in [5.41, 5.74) is 0.741. The zero-order valence-corrected chi connectivity index (χ0v) is 13.0. The van der Waals surface area contributed by atoms with Crippen LogP contribution in [0.1, 0.15) is 23.7 Å². The molecule has 2 rings (SSSR count). The van der Waals surface area contributed by atoms with Gasteiger partial charge in [0.25, 0.3) is 5.91 Å². The maximum Gasteiger partial charge on any atom is 0.253 e. The van der Waals surface area contributed by atoms with E-state index in [0.717, 1.165) is 44.0 Å². The van der Waals surface area contributed by atoms with E-state index in [1.54, 1.807) is 7.11 Å². The Morgan fingerprint density at radius 3 is 2.25 bits per heavy atom. The van der Waals surface area contributed by atoms with Crippen molar-refractivity contribution < 1.29 is 9.53 Å². The minimum absolute atomic E-state index is 0. The van der Waals surface area contributed by atoms with Crippen molar-refractivity contribution in [2.45, 2.75) is 13.3 Å². The van der Waals surface area contributed by atoms with Crippen molar-refractivity contribution in [2.24, 2.45) is 0 Å². The molecule has 1 aliphatic rings. The molecule has 1 heterocycles. The normalized spacial score (nSPS) is 15.6. The second-order valence-electron chi connectivity index (χ2n) is 4.86. The molecule has 4 nitrogen and oxygen atoms in total. The number of hydrogen-bond acceptors (Lipinski definition) is 3. The average molecular weight is 299 g/mol. The number of rotatable bonds is 4. The van der Waals surface area contributed by atoms with Crippen molar-refractivity contribution in [1.82, 2.24) is 9.80 Å². The molecule has 0 atom stereocenters. The van der Waals surface area contributed by atoms with Crippen LogP contribution in [0.5, 0.6) is 5.75 Å². The predicted octanol–water partition coefficient (Wildman–Crippen LogP) is 2.28. The topological polar surface area (TPSA) is 32.8 Å². The first kappa shape index (κ1) is 16.8. The van der Waals surface area contributed by atoms with Crippen LogP contribution in [0.15, 0.2) is 24.3 Å². The molecule has 0 spiro atoms. The van der Waals surface area contributed by atoms with E-state index in [4.69, 9.17) is 4.74 Å². The third-order valence-corrected chi connectivity index (χ3v) is 3.54. The highest BCUT2D eigenvalue weighted by Crippen LogP contribution is 2.14. The Morgan fingerprint density at radius 1 is 1.15 bits per heavy atom. The van der Waals surface area contributed by atoms with Crippen LogP contribution < -0.4 is 4.74 Å². The fourth-order valence-electron chi connectivity index (χ4n) is 2.41. The first-order chi connectivity index (χ1) is 9.24. The van der Waals surface area contributed by atoms with Gasteiger partial charge in [-0.2, -0.15) is 0 Å². The van der Waals surface area contributed by atoms with Gasteiger partial charge in [-0.05, 0) is 37.2 Å². The van der Waals surface area contributed by atoms with Crippen LogP contribution in [-0.4, -0.2) is 55.5 Å². The van der Waals surface area contributed by atoms with Crippen molar-refractivity contribution in [1.29, 1.82) is 0 Å². The Bertz CT molecular complexity index is 414. The first-order valence-corrected chi connectivity index (χ1v) is 6.90. The minimum Gasteiger partial charge on any atom is -0.497 e. The molecular weight excluding hydrogens is 276 g/mol. The van der Waals surface area contributed by atoms with E-state index in [1.165, 1.54) is 6.42 Å². The van der Waals surface area contributed by atoms with Crippen molar-refractivity contribution in [3.05, 3.63) is 29.8 Å². The van der Waals surface area contributed by atoms with E-state index < -0.39 is 0 Å². The second-order valence-corrected chi connectivity index (χ2v) is 4.86. The molecule has 0 bridgehead atoms. The number of hydrogen-bond donors (Lipinski definition) is 0. The van der Waals surface area contributed by atoms with E-state index >= 15 is 0 Å². The zero-order valence-electron chi connectivity index (χ0n) is 12.2. The molecule has 0 aromatic heterocycles. The second kappa shape index (κ2) is 8.12. The van der Waals surface area contributed by atoms with Crippen molar-refractivity contribution >= 4 is 18.3 Å². The number of carbonyl (C=O) groups excluding carboxylic acids is 1. The lowest BCUT2D eigenvalue weighted by Gasteiger charge is -2.34. The monoisotopic (exact) mass is 298 g/mol. The number of halogens is 1. The fraction of sp³-hybridized carbons (Fsp3) is 0.533. The Hall–Kier alpha value is -1.26. The molecule has 0 aliphatic carbocycles. The first-order valence-electron chi connectivity index (χ1n) is 6.90. The highest BCUT2D eigenvalue weighted by Gasteiger charge is 2.21. The molecule has 1 aromatic carbocycles. The van der Waals surface area contributed by atoms with Crippen LogP contribution in [0.2, 0.25) is 0 Å². The van der Waals surface area contributed by atoms with Crippen LogP contribution in [0, 0.1) is 0 Å². The SMILES string of the molecule is CCCN1CCN(C(=O)c2ccc(OC)cc2)CC1.Cl. The van der Waals surface area contributed by atoms with Crippen molar-refractivity contribution in [3.63, 3.8) is 0 Å². The largest absolute Gasteiger partial charge is 0.497 e. The summed E-state index contributed by atoms with van der Waals surface area (Å²) in [6.07, 6.45) is 1.17. The van der Waals surface area contributed by atoms with Crippen molar-refractivity contribution in [3.8, 4) is 5.75 Å². The van der Waals surface area contributed by atoms with Gasteiger partial charge in [0.15, 0.2) is 0 Å². The maximum absolute atomic E-state index is 12.3. The average Bonchev–Trinajstić information content (AvgIpc) is 2.48. The van der Waals surface area contributed by atoms with E-state index in [2.05, 4.69) is 11.8 Å². The zero-order chi connectivity index (χ0) is 13.7. The molecule has 20 heavy (non-hydrogen) atoms. The number of piperazine rings is 1. The molecule has 1 fully saturated rings. The molecule has 112 valence electrons. The highest BCUT2D eigenvalue weighted by atomic mass is 35.5. The van der Waals surface area contributed by atoms with E-state index in [1.807, 2.05) is 29.2 Å². The van der Waals surface area contributed by atoms with Gasteiger partial charge in [0.05, 0.1) is 7.11 Å². The lowest BCUT2D eigenvalue weighted by atomic mass is 10.1. The van der Waals surface area contributed by atoms with Gasteiger partial charge in [0, 0.05) is 31.7 Å². The van der Waals surface area contributed by atoms with Gasteiger partial charge < -0.3 is 9.64 Å². The molecule has 0 unspecified atom stereocenters. The summed E-state index contributed by atoms with van der Waals surface area (Å²) in [5, 5.41) is 0. The summed E-state index contributed by atoms with van der Waals surface area (Å²) in [4.78, 5) is 16.7. The Labute approximate surface area is 127 Å². The molecule has 0 N–H and O–H groups in total. The van der Waals surface area contributed by atoms with Gasteiger partial charge in [-0.25, -0.2) is 0 Å². The van der Waals surface area contributed by atoms with Gasteiger partial charge in [0.1, 0.15) is 5.75 Å². The number of carbonyl (C=O) groups is 1. The van der Waals surface area contributed by atoms with Crippen LogP contribution >= 0.6 is 12.4 Å². The molecule has 1 saturated heterocycles. The molecule has 1 aliphatic heterocycles. The van der Waals surface area contributed by atoms with Crippen molar-refractivity contribution in [2.75, 3.05) is 39.8 Å². The van der Waals surface area contributed by atoms with Gasteiger partial charge >= 0.3 is 0 Å². The molecular formula is C15H23ClN2O2. The number of methoxy groups -OCH3 is 1. The minimum atomic E-state index is 0.